The van der Waals surface area contributed by atoms with Crippen molar-refractivity contribution in [2.45, 2.75) is 69.2 Å². The second-order valence-corrected chi connectivity index (χ2v) is 12.5. The molecule has 60 heavy (non-hydrogen) atoms. The van der Waals surface area contributed by atoms with Gasteiger partial charge in [-0.1, -0.05) is 5.16 Å². The van der Waals surface area contributed by atoms with Gasteiger partial charge in [0.1, 0.15) is 63.9 Å². The summed E-state index contributed by atoms with van der Waals surface area (Å²) < 4.78 is 21.7. The Morgan fingerprint density at radius 2 is 1.37 bits per heavy atom. The topological polar surface area (TPSA) is 348 Å². The van der Waals surface area contributed by atoms with Crippen molar-refractivity contribution in [3.63, 3.8) is 0 Å². The van der Waals surface area contributed by atoms with Crippen molar-refractivity contribution in [1.82, 2.24) is 111 Å². The van der Waals surface area contributed by atoms with Crippen LogP contribution in [0.5, 0.6) is 0 Å². The molecule has 28 heteroatoms. The Balaban J connectivity index is 0.000000333. The second kappa shape index (κ2) is 33.5. The summed E-state index contributed by atoms with van der Waals surface area (Å²) in [4.78, 5) is 28.4. The summed E-state index contributed by atoms with van der Waals surface area (Å²) in [5.74, 6) is 4.64. The number of nitrogens with one attached hydrogen (secondary N) is 4. The Morgan fingerprint density at radius 3 is 1.52 bits per heavy atom. The van der Waals surface area contributed by atoms with Gasteiger partial charge in [-0.2, -0.15) is 19.6 Å². The van der Waals surface area contributed by atoms with Crippen molar-refractivity contribution >= 4 is 22.9 Å². The van der Waals surface area contributed by atoms with E-state index in [4.69, 9.17) is 0 Å². The molecule has 0 atom stereocenters. The monoisotopic (exact) mass is 866 g/mol. The highest BCUT2D eigenvalue weighted by atomic mass is 32.1. The van der Waals surface area contributed by atoms with Crippen molar-refractivity contribution in [3.8, 4) is 0 Å². The number of nitrogens with zero attached hydrogens (tertiary/aromatic N) is 18. The third-order valence-electron chi connectivity index (χ3n) is 5.16. The zero-order chi connectivity index (χ0) is 44.1. The van der Waals surface area contributed by atoms with Gasteiger partial charge in [-0.25, -0.2) is 24.9 Å². The van der Waals surface area contributed by atoms with E-state index in [0.717, 1.165) is 44.6 Å². The number of aromatic amines is 4. The molecule has 320 valence electrons. The van der Waals surface area contributed by atoms with E-state index in [1.165, 1.54) is 43.2 Å². The number of aryl methyl sites for hydroxylation is 10. The molecule has 0 fully saturated rings. The van der Waals surface area contributed by atoms with Crippen molar-refractivity contribution < 1.29 is 18.0 Å². The van der Waals surface area contributed by atoms with Crippen molar-refractivity contribution in [1.29, 1.82) is 0 Å². The molecule has 0 aliphatic heterocycles. The number of hydrogen-bond acceptors (Lipinski definition) is 24. The quantitative estimate of drug-likeness (QED) is 0.158. The maximum atomic E-state index is 4.61. The predicted molar refractivity (Wildman–Crippen MR) is 214 cm³/mol. The summed E-state index contributed by atoms with van der Waals surface area (Å²) in [6, 6.07) is 0. The third kappa shape index (κ3) is 31.6. The highest BCUT2D eigenvalue weighted by Gasteiger charge is 1.83. The van der Waals surface area contributed by atoms with Gasteiger partial charge in [0, 0.05) is 48.7 Å². The summed E-state index contributed by atoms with van der Waals surface area (Å²) in [6.07, 6.45) is 17.2. The average molecular weight is 867 g/mol. The predicted octanol–water partition coefficient (Wildman–Crippen LogP) is 4.87. The fraction of sp³-hybridized carbons (Fsp3) is 0.312. The van der Waals surface area contributed by atoms with Crippen LogP contribution in [0.15, 0.2) is 92.6 Å². The molecule has 0 aliphatic carbocycles. The van der Waals surface area contributed by atoms with Gasteiger partial charge in [0.25, 0.3) is 0 Å². The van der Waals surface area contributed by atoms with E-state index in [1.807, 2.05) is 48.5 Å². The maximum absolute atomic E-state index is 4.61. The van der Waals surface area contributed by atoms with E-state index in [2.05, 4.69) is 129 Å². The molecular formula is C32H46N22O4S2. The Bertz CT molecular complexity index is 1660. The van der Waals surface area contributed by atoms with E-state index in [9.17, 15) is 0 Å². The number of aromatic nitrogens is 22. The lowest BCUT2D eigenvalue weighted by molar-refractivity contribution is 0.374. The normalized spacial score (nSPS) is 8.83. The number of rotatable bonds is 0. The summed E-state index contributed by atoms with van der Waals surface area (Å²) in [7, 11) is 0. The Kier molecular flexibility index (Phi) is 28.2. The molecule has 10 aromatic heterocycles. The van der Waals surface area contributed by atoms with E-state index < -0.39 is 0 Å². The van der Waals surface area contributed by atoms with Gasteiger partial charge in [-0.05, 0) is 66.9 Å². The van der Waals surface area contributed by atoms with Crippen LogP contribution >= 0.6 is 22.9 Å². The molecule has 10 heterocycles. The molecule has 10 rings (SSSR count). The molecule has 0 aromatic carbocycles. The summed E-state index contributed by atoms with van der Waals surface area (Å²) in [5.41, 5.74) is 3.64. The fourth-order valence-corrected chi connectivity index (χ4v) is 3.23. The van der Waals surface area contributed by atoms with E-state index >= 15 is 0 Å². The van der Waals surface area contributed by atoms with Gasteiger partial charge in [0.2, 0.25) is 18.2 Å². The first-order valence-electron chi connectivity index (χ1n) is 16.9. The molecule has 0 aliphatic rings. The molecule has 26 nitrogen and oxygen atoms in total. The van der Waals surface area contributed by atoms with Crippen LogP contribution in [0, 0.1) is 69.2 Å². The summed E-state index contributed by atoms with van der Waals surface area (Å²) >= 11 is 2.97. The minimum absolute atomic E-state index is 0.606. The van der Waals surface area contributed by atoms with Crippen LogP contribution < -0.4 is 0 Å². The smallest absolute Gasteiger partial charge is 0.223 e. The van der Waals surface area contributed by atoms with Crippen LogP contribution in [0.25, 0.3) is 0 Å². The second-order valence-electron chi connectivity index (χ2n) is 10.5. The number of hydrogen-bond donors (Lipinski definition) is 4. The third-order valence-corrected chi connectivity index (χ3v) is 6.35. The van der Waals surface area contributed by atoms with Gasteiger partial charge >= 0.3 is 0 Å². The van der Waals surface area contributed by atoms with Crippen LogP contribution in [0.4, 0.5) is 0 Å². The summed E-state index contributed by atoms with van der Waals surface area (Å²) in [6.45, 7) is 18.5. The molecule has 0 radical (unpaired) electrons. The minimum Gasteiger partial charge on any atom is -0.428 e. The fourth-order valence-electron chi connectivity index (χ4n) is 2.54. The van der Waals surface area contributed by atoms with E-state index in [1.54, 1.807) is 75.1 Å². The first-order chi connectivity index (χ1) is 28.9. The van der Waals surface area contributed by atoms with Gasteiger partial charge in [0.15, 0.2) is 12.1 Å². The highest BCUT2D eigenvalue weighted by Crippen LogP contribution is 1.95. The lowest BCUT2D eigenvalue weighted by Gasteiger charge is -1.68. The van der Waals surface area contributed by atoms with Crippen LogP contribution in [0.3, 0.4) is 0 Å². The summed E-state index contributed by atoms with van der Waals surface area (Å²) in [5, 5.41) is 45.3. The Labute approximate surface area is 351 Å². The molecule has 0 unspecified atom stereocenters. The first kappa shape index (κ1) is 50.4. The number of H-pyrrole nitrogens is 4. The standard InChI is InChI=1S/2C4H6N2.2C3H5N3.4C3H4N2O.2C3H4N2S/c1-4-2-5-3-6-4;1-4-5-2-3-6-4;2*1-3-4-2-5-6-3;1-3-5-4-2-6-3;1-3-4-2-5-6-3;1-3-2-6-5-4-3;1-3-2-4-5-6-3;1-3-5-4-2-6-3;1-3-4-2-5-6-3/h2*2-3H,1H3,(H,5,6);2*2H,1H3,(H,4,5,6);6*2H,1H3. The van der Waals surface area contributed by atoms with Crippen molar-refractivity contribution in [2.75, 3.05) is 0 Å². The maximum Gasteiger partial charge on any atom is 0.223 e. The van der Waals surface area contributed by atoms with E-state index in [0.29, 0.717) is 11.8 Å². The van der Waals surface area contributed by atoms with Gasteiger partial charge < -0.3 is 28.0 Å². The molecular weight excluding hydrogens is 821 g/mol. The molecule has 0 saturated heterocycles. The van der Waals surface area contributed by atoms with Crippen LogP contribution in [0.1, 0.15) is 56.4 Å². The largest absolute Gasteiger partial charge is 0.428 e. The van der Waals surface area contributed by atoms with Crippen LogP contribution in [-0.4, -0.2) is 111 Å². The lowest BCUT2D eigenvalue weighted by Crippen LogP contribution is -1.68. The number of imidazole rings is 2. The molecule has 0 saturated carbocycles. The van der Waals surface area contributed by atoms with Crippen LogP contribution in [-0.2, 0) is 0 Å². The molecule has 0 bridgehead atoms. The molecule has 0 spiro atoms. The molecule has 0 amide bonds. The Morgan fingerprint density at radius 1 is 0.617 bits per heavy atom. The average Bonchev–Trinajstić information content (AvgIpc) is 4.06. The zero-order valence-corrected chi connectivity index (χ0v) is 36.1. The van der Waals surface area contributed by atoms with Crippen molar-refractivity contribution in [2.24, 2.45) is 0 Å². The minimum atomic E-state index is 0.606. The zero-order valence-electron chi connectivity index (χ0n) is 34.4. The lowest BCUT2D eigenvalue weighted by atomic mass is 10.6. The van der Waals surface area contributed by atoms with Gasteiger partial charge in [-0.15, -0.1) is 41.9 Å². The van der Waals surface area contributed by atoms with Gasteiger partial charge in [0.05, 0.1) is 12.5 Å². The van der Waals surface area contributed by atoms with Gasteiger partial charge in [-0.3, -0.25) is 10.2 Å². The molecule has 10 aromatic rings. The van der Waals surface area contributed by atoms with Crippen molar-refractivity contribution in [3.05, 3.63) is 131 Å². The molecule has 4 N–H and O–H groups in total. The van der Waals surface area contributed by atoms with Crippen LogP contribution in [0.2, 0.25) is 0 Å². The first-order valence-corrected chi connectivity index (χ1v) is 18.5. The Hall–Kier alpha value is -7.62. The highest BCUT2D eigenvalue weighted by molar-refractivity contribution is 7.09. The SMILES string of the molecule is Cc1cnc[nH]1.Cc1cnno1.Cc1conn1.Cc1ncc[nH]1.Cc1ncn[nH]1.Cc1ncn[nH]1.Cc1ncno1.Cc1ncns1.Cc1nnco1.Cc1nncs1. The van der Waals surface area contributed by atoms with E-state index in [-0.39, 0.29) is 0 Å².